The summed E-state index contributed by atoms with van der Waals surface area (Å²) in [6.07, 6.45) is 2.62. The number of phenolic OH excluding ortho intramolecular Hbond substituents is 1. The molecule has 0 saturated carbocycles. The molecule has 6 aliphatic rings. The molecule has 2 fully saturated rings. The number of aromatic nitrogens is 3. The summed E-state index contributed by atoms with van der Waals surface area (Å²) in [5, 5.41) is 78.0. The standard InChI is InChI=1S/C88H104N24O19S/c1-3-44(2)73-83(128)104-62(8-6-24-94-85(92)93)80(125)98-40-71(118)102-66(75(91)120)43-132-42-45-29-50(78(123)107-73)31-53(30-45)100-70(117)39-97-77(122)47-21-27-112(28-22-47)88-109-86(101-52-11-15-56(59(33-52)84(129)130)72-57-16-13-54(114)35-67(57)131-68-36-55(115)14-17-58(68)72)108-87(110-88)111-25-19-46(20-26-111)76(121)96-38-69(116)99-51-12-18-61-60(34-51)79(124)106-65(41-113)82(127)103-63(7-4-5-23-89)81(126)105-64-32-48(74(90)119)9-10-49(64)37-95-61/h9-18,29-36,44,46-47,62-63,65-66,73,95,113-114H,3-8,19-28,37-43,89H2,1-2H3,(H2,90,119)(H2,91,120)(H,96,121)(H,97,122)(H,98,125)(H,99,116)(H,100,117)(H,102,118)(H,103,127)(H,104,128)(H,105,126)(H,106,124)(H,107,123)(H,129,130)(H4,92,93,94)(H,101,108,109,110)/t44-,62-,63-,65-,66-,73-/m0/s1. The second kappa shape index (κ2) is 44.3. The number of nitrogens with one attached hydrogen (secondary N) is 15. The molecule has 696 valence electrons. The zero-order chi connectivity index (χ0) is 94.6. The van der Waals surface area contributed by atoms with Gasteiger partial charge >= 0.3 is 5.97 Å². The highest BCUT2D eigenvalue weighted by Gasteiger charge is 2.36. The predicted octanol–water partition coefficient (Wildman–Crippen LogP) is 1.43. The number of carboxylic acid groups (broad SMARTS) is 1. The van der Waals surface area contributed by atoms with E-state index in [2.05, 4.69) is 74.4 Å². The van der Waals surface area contributed by atoms with Crippen molar-refractivity contribution in [3.63, 3.8) is 0 Å². The van der Waals surface area contributed by atoms with E-state index in [1.165, 1.54) is 78.9 Å². The number of carbonyl (C=O) groups is 14. The van der Waals surface area contributed by atoms with E-state index in [1.807, 2.05) is 9.80 Å². The molecular formula is C88H104N24O19S. The lowest BCUT2D eigenvalue weighted by atomic mass is 9.90. The molecule has 12 rings (SSSR count). The van der Waals surface area contributed by atoms with Crippen molar-refractivity contribution < 1.29 is 86.9 Å². The Morgan fingerprint density at radius 1 is 0.621 bits per heavy atom. The van der Waals surface area contributed by atoms with Gasteiger partial charge in [0.1, 0.15) is 47.3 Å². The molecular weight excluding hydrogens is 1730 g/mol. The van der Waals surface area contributed by atoms with Crippen LogP contribution in [0.25, 0.3) is 33.4 Å². The summed E-state index contributed by atoms with van der Waals surface area (Å²) < 4.78 is 6.04. The first-order valence-corrected chi connectivity index (χ1v) is 44.0. The number of fused-ring (bicyclic) bond motifs is 6. The van der Waals surface area contributed by atoms with Gasteiger partial charge in [-0.05, 0) is 172 Å². The molecule has 6 heterocycles. The number of thioether (sulfide) groups is 1. The van der Waals surface area contributed by atoms with Crippen LogP contribution in [0.1, 0.15) is 131 Å². The number of hydrogen-bond acceptors (Lipinski definition) is 28. The molecule has 0 unspecified atom stereocenters. The molecule has 43 nitrogen and oxygen atoms in total. The van der Waals surface area contributed by atoms with Crippen LogP contribution in [-0.4, -0.2) is 220 Å². The van der Waals surface area contributed by atoms with E-state index in [-0.39, 0.29) is 198 Å². The van der Waals surface area contributed by atoms with Crippen molar-refractivity contribution in [2.45, 2.75) is 121 Å². The number of aromatic carboxylic acids is 1. The number of nitrogens with two attached hydrogens (primary N) is 4. The second-order valence-electron chi connectivity index (χ2n) is 32.3. The minimum Gasteiger partial charge on any atom is -0.508 e. The summed E-state index contributed by atoms with van der Waals surface area (Å²) in [4.78, 5) is 222. The third kappa shape index (κ3) is 25.1. The van der Waals surface area contributed by atoms with Gasteiger partial charge in [0, 0.05) is 131 Å². The Morgan fingerprint density at radius 2 is 1.28 bits per heavy atom. The van der Waals surface area contributed by atoms with E-state index in [1.54, 1.807) is 44.2 Å². The van der Waals surface area contributed by atoms with Gasteiger partial charge in [-0.2, -0.15) is 26.7 Å². The number of aliphatic hydroxyl groups is 1. The number of carbonyl (C=O) groups excluding carboxylic acids is 13. The van der Waals surface area contributed by atoms with Crippen LogP contribution in [-0.2, 0) is 60.2 Å². The Morgan fingerprint density at radius 3 is 1.93 bits per heavy atom. The van der Waals surface area contributed by atoms with E-state index >= 15 is 0 Å². The average molecular weight is 1830 g/mol. The number of amides is 13. The Kier molecular flexibility index (Phi) is 32.2. The quantitative estimate of drug-likeness (QED) is 0.0150. The Balaban J connectivity index is 0.732. The first kappa shape index (κ1) is 96.0. The normalized spacial score (nSPS) is 18.3. The molecule has 0 radical (unpaired) electrons. The van der Waals surface area contributed by atoms with E-state index in [9.17, 15) is 87.2 Å². The number of aliphatic hydroxyl groups excluding tert-OH is 1. The van der Waals surface area contributed by atoms with Crippen LogP contribution >= 0.6 is 11.8 Å². The number of nitrogens with zero attached hydrogens (tertiary/aromatic N) is 5. The van der Waals surface area contributed by atoms with Crippen molar-refractivity contribution in [3.05, 3.63) is 153 Å². The fourth-order valence-electron chi connectivity index (χ4n) is 15.5. The van der Waals surface area contributed by atoms with Crippen molar-refractivity contribution in [3.8, 4) is 28.2 Å². The zero-order valence-corrected chi connectivity index (χ0v) is 72.9. The molecule has 6 atom stereocenters. The van der Waals surface area contributed by atoms with Gasteiger partial charge in [-0.15, -0.1) is 0 Å². The molecule has 5 aliphatic heterocycles. The molecule has 2 saturated heterocycles. The topological polar surface area (TPSA) is 671 Å². The minimum atomic E-state index is -1.56. The van der Waals surface area contributed by atoms with Gasteiger partial charge in [0.15, 0.2) is 11.4 Å². The number of carboxylic acids is 1. The number of rotatable bonds is 27. The number of benzene rings is 6. The van der Waals surface area contributed by atoms with Crippen LogP contribution in [0.15, 0.2) is 118 Å². The Labute approximate surface area is 759 Å². The number of guanidine groups is 1. The van der Waals surface area contributed by atoms with Crippen LogP contribution in [0.3, 0.4) is 0 Å². The summed E-state index contributed by atoms with van der Waals surface area (Å²) in [6.45, 7) is 2.24. The number of unbranched alkanes of at least 4 members (excludes halogenated alkanes) is 1. The monoisotopic (exact) mass is 1830 g/mol. The molecule has 1 aromatic heterocycles. The number of primary amides is 2. The number of aromatic hydroxyl groups is 1. The maximum absolute atomic E-state index is 14.4. The van der Waals surface area contributed by atoms with Crippen molar-refractivity contribution in [2.24, 2.45) is 40.7 Å². The first-order chi connectivity index (χ1) is 63.3. The lowest BCUT2D eigenvalue weighted by Gasteiger charge is -2.34. The summed E-state index contributed by atoms with van der Waals surface area (Å²) in [5.74, 6) is -12.4. The van der Waals surface area contributed by atoms with Gasteiger partial charge in [-0.1, -0.05) is 32.4 Å². The molecule has 132 heavy (non-hydrogen) atoms. The number of anilines is 8. The number of piperidine rings is 2. The van der Waals surface area contributed by atoms with Crippen LogP contribution < -0.4 is 113 Å². The highest BCUT2D eigenvalue weighted by molar-refractivity contribution is 7.98. The molecule has 44 heteroatoms. The summed E-state index contributed by atoms with van der Waals surface area (Å²) in [6, 6.07) is 19.8. The maximum atomic E-state index is 14.4. The predicted molar refractivity (Wildman–Crippen MR) is 488 cm³/mol. The SMILES string of the molecule is CC[C@H](C)[C@@H]1NC(=O)c2cc(cc(NC(=O)CNC(=O)C3CCN(c4nc(Nc5ccc(-c6c7ccc(=O)cc-7oc7cc(O)ccc67)c(C(=O)O)c5)nc(N5CCC(C(=O)NCC(=O)Nc6ccc7c(c6)C(=O)N[C@@H](CO)C(=O)N[C@@H](CCCCN)C(=O)Nc6cc(C(N)=O)ccc6CN7)CC5)n4)CC3)c2)CSC[C@@H](C(N)=O)NC(=O)CNC(=O)[C@H](CCCNC(=N)N)NC1=O. The minimum absolute atomic E-state index is 0.00467. The molecule has 13 amide bonds. The summed E-state index contributed by atoms with van der Waals surface area (Å²) in [5.41, 5.74) is 24.8. The lowest BCUT2D eigenvalue weighted by molar-refractivity contribution is -0.132. The molecule has 5 aromatic carbocycles. The Hall–Kier alpha value is -15.1. The third-order valence-electron chi connectivity index (χ3n) is 22.9. The zero-order valence-electron chi connectivity index (χ0n) is 72.1. The fraction of sp³-hybridized carbons (Fsp3) is 0.375. The molecule has 2 bridgehead atoms. The van der Waals surface area contributed by atoms with E-state index in [0.717, 1.165) is 11.8 Å². The Bertz CT molecular complexity index is 5800. The van der Waals surface area contributed by atoms with Crippen LogP contribution in [0.2, 0.25) is 0 Å². The van der Waals surface area contributed by atoms with E-state index in [4.69, 9.17) is 47.7 Å². The van der Waals surface area contributed by atoms with Gasteiger partial charge in [0.2, 0.25) is 82.8 Å². The smallest absolute Gasteiger partial charge is 0.336 e. The maximum Gasteiger partial charge on any atom is 0.336 e. The summed E-state index contributed by atoms with van der Waals surface area (Å²) in [7, 11) is 0. The van der Waals surface area contributed by atoms with Gasteiger partial charge in [0.25, 0.3) is 11.8 Å². The van der Waals surface area contributed by atoms with Gasteiger partial charge in [-0.3, -0.25) is 72.5 Å². The molecule has 6 aromatic rings. The average Bonchev–Trinajstić information content (AvgIpc) is 0.745. The third-order valence-corrected chi connectivity index (χ3v) is 24.0. The second-order valence-corrected chi connectivity index (χ2v) is 33.3. The first-order valence-electron chi connectivity index (χ1n) is 42.9. The van der Waals surface area contributed by atoms with Crippen molar-refractivity contribution >= 4 is 158 Å². The van der Waals surface area contributed by atoms with Crippen molar-refractivity contribution in [2.75, 3.05) is 108 Å². The number of hydrogen-bond donors (Lipinski definition) is 22. The van der Waals surface area contributed by atoms with Crippen molar-refractivity contribution in [1.82, 2.24) is 62.8 Å². The largest absolute Gasteiger partial charge is 0.508 e. The summed E-state index contributed by atoms with van der Waals surface area (Å²) >= 11 is 1.16. The van der Waals surface area contributed by atoms with Crippen LogP contribution in [0.4, 0.5) is 46.3 Å². The van der Waals surface area contributed by atoms with E-state index < -0.39 is 157 Å². The lowest BCUT2D eigenvalue weighted by Crippen LogP contribution is -2.56. The van der Waals surface area contributed by atoms with Gasteiger partial charge in [-0.25, -0.2) is 4.79 Å². The van der Waals surface area contributed by atoms with Gasteiger partial charge in [0.05, 0.1) is 37.4 Å². The fourth-order valence-corrected chi connectivity index (χ4v) is 16.5. The highest BCUT2D eigenvalue weighted by atomic mass is 32.2. The highest BCUT2D eigenvalue weighted by Crippen LogP contribution is 2.43. The van der Waals surface area contributed by atoms with Gasteiger partial charge < -0.3 is 127 Å². The molecule has 0 spiro atoms. The van der Waals surface area contributed by atoms with Crippen LogP contribution in [0, 0.1) is 23.2 Å². The van der Waals surface area contributed by atoms with Crippen LogP contribution in [0.5, 0.6) is 5.75 Å². The van der Waals surface area contributed by atoms with Crippen molar-refractivity contribution in [1.29, 1.82) is 5.41 Å². The molecule has 26 N–H and O–H groups in total. The van der Waals surface area contributed by atoms with E-state index in [0.29, 0.717) is 53.4 Å². The molecule has 1 aliphatic carbocycles. The number of phenols is 1.